The molecule has 0 unspecified atom stereocenters. The molecule has 0 atom stereocenters. The van der Waals surface area contributed by atoms with Gasteiger partial charge in [0.1, 0.15) is 11.6 Å². The maximum Gasteiger partial charge on any atom is 0.433 e. The van der Waals surface area contributed by atoms with Crippen LogP contribution in [0.2, 0.25) is 0 Å². The van der Waals surface area contributed by atoms with Crippen LogP contribution < -0.4 is 15.4 Å². The van der Waals surface area contributed by atoms with Gasteiger partial charge in [0.25, 0.3) is 0 Å². The lowest BCUT2D eigenvalue weighted by Gasteiger charge is -2.13. The van der Waals surface area contributed by atoms with Crippen LogP contribution >= 0.6 is 0 Å². The normalized spacial score (nSPS) is 11.2. The van der Waals surface area contributed by atoms with Crippen LogP contribution in [-0.4, -0.2) is 23.6 Å². The average molecular weight is 326 g/mol. The van der Waals surface area contributed by atoms with Gasteiger partial charge in [-0.25, -0.2) is 4.98 Å². The van der Waals surface area contributed by atoms with E-state index in [1.807, 2.05) is 18.2 Å². The third-order valence-electron chi connectivity index (χ3n) is 3.00. The quantitative estimate of drug-likeness (QED) is 0.850. The Morgan fingerprint density at radius 2 is 1.87 bits per heavy atom. The van der Waals surface area contributed by atoms with E-state index in [0.29, 0.717) is 12.3 Å². The Hall–Kier alpha value is -2.51. The lowest BCUT2D eigenvalue weighted by atomic mass is 10.2. The van der Waals surface area contributed by atoms with E-state index in [4.69, 9.17) is 4.74 Å². The Morgan fingerprint density at radius 1 is 1.13 bits per heavy atom. The van der Waals surface area contributed by atoms with E-state index >= 15 is 0 Å². The molecule has 0 spiro atoms. The Morgan fingerprint density at radius 3 is 2.52 bits per heavy atom. The molecule has 1 heterocycles. The first kappa shape index (κ1) is 16.9. The van der Waals surface area contributed by atoms with E-state index in [9.17, 15) is 13.2 Å². The summed E-state index contributed by atoms with van der Waals surface area (Å²) in [5.74, 6) is 0.677. The van der Waals surface area contributed by atoms with Crippen molar-refractivity contribution in [2.24, 2.45) is 0 Å². The van der Waals surface area contributed by atoms with Gasteiger partial charge < -0.3 is 15.4 Å². The standard InChI is InChI=1S/C15H17F3N4O/c1-3-19-14-21-12(15(16,17)18)8-13(22-14)20-9-10-6-4-5-7-11(10)23-2/h4-8H,3,9H2,1-2H3,(H2,19,20,21,22). The third-order valence-corrected chi connectivity index (χ3v) is 3.00. The number of hydrogen-bond donors (Lipinski definition) is 2. The van der Waals surface area contributed by atoms with E-state index < -0.39 is 11.9 Å². The van der Waals surface area contributed by atoms with E-state index in [1.54, 1.807) is 13.0 Å². The molecule has 0 aliphatic carbocycles. The molecule has 0 saturated carbocycles. The first-order chi connectivity index (χ1) is 10.9. The topological polar surface area (TPSA) is 59.1 Å². The van der Waals surface area contributed by atoms with E-state index in [1.165, 1.54) is 7.11 Å². The third kappa shape index (κ3) is 4.48. The SMILES string of the molecule is CCNc1nc(NCc2ccccc2OC)cc(C(F)(F)F)n1. The van der Waals surface area contributed by atoms with Crippen molar-refractivity contribution >= 4 is 11.8 Å². The lowest BCUT2D eigenvalue weighted by molar-refractivity contribution is -0.141. The van der Waals surface area contributed by atoms with Gasteiger partial charge in [-0.1, -0.05) is 18.2 Å². The van der Waals surface area contributed by atoms with Crippen molar-refractivity contribution in [3.8, 4) is 5.75 Å². The molecule has 0 aliphatic rings. The van der Waals surface area contributed by atoms with Crippen molar-refractivity contribution in [3.05, 3.63) is 41.6 Å². The summed E-state index contributed by atoms with van der Waals surface area (Å²) in [6, 6.07) is 8.13. The number of alkyl halides is 3. The minimum Gasteiger partial charge on any atom is -0.496 e. The molecular formula is C15H17F3N4O. The van der Waals surface area contributed by atoms with Crippen molar-refractivity contribution in [3.63, 3.8) is 0 Å². The number of nitrogens with one attached hydrogen (secondary N) is 2. The van der Waals surface area contributed by atoms with Crippen LogP contribution in [0.5, 0.6) is 5.75 Å². The number of ether oxygens (including phenoxy) is 1. The number of anilines is 2. The van der Waals surface area contributed by atoms with Crippen LogP contribution in [0.3, 0.4) is 0 Å². The highest BCUT2D eigenvalue weighted by Gasteiger charge is 2.33. The highest BCUT2D eigenvalue weighted by atomic mass is 19.4. The molecule has 0 aliphatic heterocycles. The van der Waals surface area contributed by atoms with Crippen LogP contribution in [0, 0.1) is 0 Å². The molecule has 0 saturated heterocycles. The van der Waals surface area contributed by atoms with Gasteiger partial charge >= 0.3 is 6.18 Å². The van der Waals surface area contributed by atoms with Gasteiger partial charge in [0, 0.05) is 24.7 Å². The molecule has 0 amide bonds. The molecular weight excluding hydrogens is 309 g/mol. The largest absolute Gasteiger partial charge is 0.496 e. The highest BCUT2D eigenvalue weighted by molar-refractivity contribution is 5.45. The second-order valence-corrected chi connectivity index (χ2v) is 4.66. The fourth-order valence-electron chi connectivity index (χ4n) is 1.95. The van der Waals surface area contributed by atoms with Gasteiger partial charge in [-0.2, -0.15) is 18.2 Å². The second-order valence-electron chi connectivity index (χ2n) is 4.66. The molecule has 2 aromatic rings. The molecule has 1 aromatic carbocycles. The smallest absolute Gasteiger partial charge is 0.433 e. The summed E-state index contributed by atoms with van der Waals surface area (Å²) in [6.07, 6.45) is -4.53. The van der Waals surface area contributed by atoms with Gasteiger partial charge in [0.2, 0.25) is 5.95 Å². The molecule has 5 nitrogen and oxygen atoms in total. The summed E-state index contributed by atoms with van der Waals surface area (Å²) >= 11 is 0. The van der Waals surface area contributed by atoms with E-state index in [2.05, 4.69) is 20.6 Å². The molecule has 1 aromatic heterocycles. The van der Waals surface area contributed by atoms with Crippen LogP contribution in [0.4, 0.5) is 24.9 Å². The molecule has 0 bridgehead atoms. The molecule has 23 heavy (non-hydrogen) atoms. The molecule has 0 fully saturated rings. The summed E-state index contributed by atoms with van der Waals surface area (Å²) < 4.78 is 43.9. The molecule has 0 radical (unpaired) electrons. The summed E-state index contributed by atoms with van der Waals surface area (Å²) in [5.41, 5.74) is -0.182. The molecule has 8 heteroatoms. The summed E-state index contributed by atoms with van der Waals surface area (Å²) in [7, 11) is 1.54. The number of methoxy groups -OCH3 is 1. The first-order valence-corrected chi connectivity index (χ1v) is 7.00. The molecule has 2 rings (SSSR count). The number of hydrogen-bond acceptors (Lipinski definition) is 5. The van der Waals surface area contributed by atoms with Crippen molar-refractivity contribution in [2.75, 3.05) is 24.3 Å². The van der Waals surface area contributed by atoms with Gasteiger partial charge in [-0.15, -0.1) is 0 Å². The molecule has 124 valence electrons. The van der Waals surface area contributed by atoms with Crippen LogP contribution in [0.15, 0.2) is 30.3 Å². The van der Waals surface area contributed by atoms with Gasteiger partial charge in [0.05, 0.1) is 7.11 Å². The zero-order valence-electron chi connectivity index (χ0n) is 12.7. The number of para-hydroxylation sites is 1. The monoisotopic (exact) mass is 326 g/mol. The number of nitrogens with zero attached hydrogens (tertiary/aromatic N) is 2. The number of rotatable bonds is 6. The number of aromatic nitrogens is 2. The first-order valence-electron chi connectivity index (χ1n) is 7.00. The minimum absolute atomic E-state index is 0.0650. The summed E-state index contributed by atoms with van der Waals surface area (Å²) in [4.78, 5) is 7.50. The minimum atomic E-state index is -4.53. The maximum atomic E-state index is 12.9. The Balaban J connectivity index is 2.23. The Labute approximate surface area is 131 Å². The zero-order valence-corrected chi connectivity index (χ0v) is 12.7. The van der Waals surface area contributed by atoms with E-state index in [-0.39, 0.29) is 18.3 Å². The van der Waals surface area contributed by atoms with E-state index in [0.717, 1.165) is 11.6 Å². The predicted octanol–water partition coefficient (Wildman–Crippen LogP) is 3.55. The maximum absolute atomic E-state index is 12.9. The summed E-state index contributed by atoms with van der Waals surface area (Å²) in [6.45, 7) is 2.46. The summed E-state index contributed by atoms with van der Waals surface area (Å²) in [5, 5.41) is 5.57. The highest BCUT2D eigenvalue weighted by Crippen LogP contribution is 2.30. The van der Waals surface area contributed by atoms with Crippen LogP contribution in [0.25, 0.3) is 0 Å². The fraction of sp³-hybridized carbons (Fsp3) is 0.333. The van der Waals surface area contributed by atoms with Crippen LogP contribution in [0.1, 0.15) is 18.2 Å². The number of benzene rings is 1. The van der Waals surface area contributed by atoms with Crippen molar-refractivity contribution in [2.45, 2.75) is 19.6 Å². The Kier molecular flexibility index (Phi) is 5.25. The molecule has 2 N–H and O–H groups in total. The zero-order chi connectivity index (χ0) is 16.9. The van der Waals surface area contributed by atoms with Crippen LogP contribution in [-0.2, 0) is 12.7 Å². The predicted molar refractivity (Wildman–Crippen MR) is 81.5 cm³/mol. The lowest BCUT2D eigenvalue weighted by Crippen LogP contribution is -2.14. The van der Waals surface area contributed by atoms with Crippen molar-refractivity contribution < 1.29 is 17.9 Å². The number of halogens is 3. The second kappa shape index (κ2) is 7.17. The van der Waals surface area contributed by atoms with Crippen molar-refractivity contribution in [1.82, 2.24) is 9.97 Å². The van der Waals surface area contributed by atoms with Crippen molar-refractivity contribution in [1.29, 1.82) is 0 Å². The average Bonchev–Trinajstić information content (AvgIpc) is 2.52. The van der Waals surface area contributed by atoms with Gasteiger partial charge in [0.15, 0.2) is 5.69 Å². The van der Waals surface area contributed by atoms with Gasteiger partial charge in [-0.3, -0.25) is 0 Å². The Bertz CT molecular complexity index is 661. The fourth-order valence-corrected chi connectivity index (χ4v) is 1.95. The van der Waals surface area contributed by atoms with Gasteiger partial charge in [-0.05, 0) is 13.0 Å².